The van der Waals surface area contributed by atoms with E-state index in [9.17, 15) is 0 Å². The number of aromatic amines is 2. The first-order valence-electron chi connectivity index (χ1n) is 13.7. The average molecular weight is 492 g/mol. The van der Waals surface area contributed by atoms with Gasteiger partial charge in [-0.15, -0.1) is 0 Å². The zero-order valence-electron chi connectivity index (χ0n) is 21.8. The highest BCUT2D eigenvalue weighted by Gasteiger charge is 2.12. The van der Waals surface area contributed by atoms with Crippen LogP contribution in [0.15, 0.2) is 83.0 Å². The molecule has 0 fully saturated rings. The normalized spacial score (nSPS) is 12.1. The molecule has 0 spiro atoms. The maximum Gasteiger partial charge on any atom is 0.0651 e. The summed E-state index contributed by atoms with van der Waals surface area (Å²) in [6.07, 6.45) is 18.1. The third-order valence-corrected chi connectivity index (χ3v) is 7.02. The number of fused-ring (bicyclic) bond motifs is 3. The van der Waals surface area contributed by atoms with Crippen LogP contribution in [0.3, 0.4) is 0 Å². The van der Waals surface area contributed by atoms with Crippen molar-refractivity contribution in [1.82, 2.24) is 14.5 Å². The van der Waals surface area contributed by atoms with E-state index in [1.165, 1.54) is 73.2 Å². The quantitative estimate of drug-likeness (QED) is 0.122. The van der Waals surface area contributed by atoms with Gasteiger partial charge < -0.3 is 14.5 Å². The predicted octanol–water partition coefficient (Wildman–Crippen LogP) is 9.09. The molecule has 5 aromatic rings. The summed E-state index contributed by atoms with van der Waals surface area (Å²) in [7, 11) is 0. The lowest BCUT2D eigenvalue weighted by Gasteiger charge is -2.08. The Morgan fingerprint density at radius 1 is 0.649 bits per heavy atom. The van der Waals surface area contributed by atoms with E-state index in [-0.39, 0.29) is 0 Å². The van der Waals surface area contributed by atoms with E-state index in [1.54, 1.807) is 0 Å². The van der Waals surface area contributed by atoms with E-state index in [0.29, 0.717) is 0 Å². The van der Waals surface area contributed by atoms with Crippen LogP contribution in [-0.4, -0.2) is 27.0 Å². The minimum absolute atomic E-state index is 0.965. The summed E-state index contributed by atoms with van der Waals surface area (Å²) in [4.78, 5) is 15.9. The van der Waals surface area contributed by atoms with Crippen molar-refractivity contribution >= 4 is 45.6 Å². The Bertz CT molecular complexity index is 1350. The molecule has 3 aromatic heterocycles. The van der Waals surface area contributed by atoms with Crippen molar-refractivity contribution in [2.45, 2.75) is 64.8 Å². The van der Waals surface area contributed by atoms with Crippen LogP contribution in [0.1, 0.15) is 69.7 Å². The molecule has 5 nitrogen and oxygen atoms in total. The molecular weight excluding hydrogens is 454 g/mol. The van der Waals surface area contributed by atoms with Gasteiger partial charge in [-0.05, 0) is 55.0 Å². The molecule has 3 heterocycles. The third kappa shape index (κ3) is 6.29. The monoisotopic (exact) mass is 491 g/mol. The van der Waals surface area contributed by atoms with E-state index in [2.05, 4.69) is 57.9 Å². The maximum atomic E-state index is 4.73. The van der Waals surface area contributed by atoms with Gasteiger partial charge in [0.2, 0.25) is 0 Å². The zero-order valence-corrected chi connectivity index (χ0v) is 21.8. The van der Waals surface area contributed by atoms with Gasteiger partial charge in [-0.1, -0.05) is 64.0 Å². The first-order chi connectivity index (χ1) is 18.3. The summed E-state index contributed by atoms with van der Waals surface area (Å²) in [6.45, 7) is 3.28. The Morgan fingerprint density at radius 3 is 1.65 bits per heavy atom. The summed E-state index contributed by atoms with van der Waals surface area (Å²) < 4.78 is 2.48. The zero-order chi connectivity index (χ0) is 25.3. The number of aromatic nitrogens is 3. The van der Waals surface area contributed by atoms with Gasteiger partial charge in [0.05, 0.1) is 46.2 Å². The van der Waals surface area contributed by atoms with Gasteiger partial charge in [0, 0.05) is 29.7 Å². The topological polar surface area (TPSA) is 61.2 Å². The first kappa shape index (κ1) is 24.8. The number of H-pyrrole nitrogens is 2. The molecule has 0 aliphatic heterocycles. The lowest BCUT2D eigenvalue weighted by atomic mass is 10.1. The van der Waals surface area contributed by atoms with Crippen molar-refractivity contribution in [2.75, 3.05) is 0 Å². The minimum Gasteiger partial charge on any atom is -0.360 e. The summed E-state index contributed by atoms with van der Waals surface area (Å²) >= 11 is 0. The number of unbranched alkanes of at least 4 members (excludes halogenated alkanes) is 7. The number of aryl methyl sites for hydroxylation is 1. The highest BCUT2D eigenvalue weighted by Crippen LogP contribution is 2.34. The fourth-order valence-electron chi connectivity index (χ4n) is 5.01. The average Bonchev–Trinajstić information content (AvgIpc) is 3.69. The number of nitrogens with one attached hydrogen (secondary N) is 2. The second-order valence-corrected chi connectivity index (χ2v) is 9.80. The maximum absolute atomic E-state index is 4.73. The molecule has 0 unspecified atom stereocenters. The number of nitrogens with zero attached hydrogens (tertiary/aromatic N) is 3. The Hall–Kier alpha value is -3.86. The molecule has 0 atom stereocenters. The summed E-state index contributed by atoms with van der Waals surface area (Å²) in [5.74, 6) is 0. The molecule has 0 aliphatic rings. The van der Waals surface area contributed by atoms with E-state index < -0.39 is 0 Å². The van der Waals surface area contributed by atoms with Crippen molar-refractivity contribution in [3.63, 3.8) is 0 Å². The molecule has 2 aromatic carbocycles. The summed E-state index contributed by atoms with van der Waals surface area (Å²) in [6, 6.07) is 21.1. The third-order valence-electron chi connectivity index (χ3n) is 7.02. The Balaban J connectivity index is 1.41. The fraction of sp³-hybridized carbons (Fsp3) is 0.312. The molecule has 0 saturated heterocycles. The summed E-state index contributed by atoms with van der Waals surface area (Å²) in [5, 5.41) is 2.54. The molecule has 0 amide bonds. The van der Waals surface area contributed by atoms with Crippen LogP contribution in [0.25, 0.3) is 21.8 Å². The van der Waals surface area contributed by atoms with Gasteiger partial charge in [0.25, 0.3) is 0 Å². The molecule has 0 radical (unpaired) electrons. The van der Waals surface area contributed by atoms with Crippen LogP contribution in [0.2, 0.25) is 0 Å². The standard InChI is InChI=1S/C32H37N5/c1-2-3-4-5-6-7-8-9-20-37-31-21-25(35-23-27-12-10-18-33-27)14-16-29(31)30-17-15-26(22-32(30)37)36-24-28-13-11-19-34-28/h10-19,21-24,33-34H,2-9,20H2,1H3. The fourth-order valence-corrected chi connectivity index (χ4v) is 5.01. The molecule has 0 saturated carbocycles. The molecule has 37 heavy (non-hydrogen) atoms. The van der Waals surface area contributed by atoms with Gasteiger partial charge in [-0.25, -0.2) is 0 Å². The number of hydrogen-bond donors (Lipinski definition) is 2. The summed E-state index contributed by atoms with van der Waals surface area (Å²) in [5.41, 5.74) is 6.42. The Labute approximate surface area is 219 Å². The second-order valence-electron chi connectivity index (χ2n) is 9.80. The first-order valence-corrected chi connectivity index (χ1v) is 13.7. The predicted molar refractivity (Wildman–Crippen MR) is 158 cm³/mol. The van der Waals surface area contributed by atoms with Crippen molar-refractivity contribution in [2.24, 2.45) is 9.98 Å². The molecule has 0 bridgehead atoms. The van der Waals surface area contributed by atoms with Gasteiger partial charge in [0.1, 0.15) is 0 Å². The number of rotatable bonds is 13. The largest absolute Gasteiger partial charge is 0.360 e. The van der Waals surface area contributed by atoms with Crippen LogP contribution >= 0.6 is 0 Å². The second kappa shape index (κ2) is 12.4. The highest BCUT2D eigenvalue weighted by molar-refractivity contribution is 6.09. The lowest BCUT2D eigenvalue weighted by molar-refractivity contribution is 0.553. The SMILES string of the molecule is CCCCCCCCCCn1c2cc(N=Cc3ccc[nH]3)ccc2c2ccc(N=Cc3ccc[nH]3)cc21. The molecule has 190 valence electrons. The molecule has 5 rings (SSSR count). The Kier molecular flexibility index (Phi) is 8.32. The van der Waals surface area contributed by atoms with Gasteiger partial charge in [-0.3, -0.25) is 9.98 Å². The van der Waals surface area contributed by atoms with Gasteiger partial charge >= 0.3 is 0 Å². The van der Waals surface area contributed by atoms with Crippen molar-refractivity contribution < 1.29 is 0 Å². The molecule has 2 N–H and O–H groups in total. The van der Waals surface area contributed by atoms with Crippen LogP contribution in [-0.2, 0) is 6.54 Å². The van der Waals surface area contributed by atoms with E-state index in [0.717, 1.165) is 29.3 Å². The number of benzene rings is 2. The Morgan fingerprint density at radius 2 is 1.16 bits per heavy atom. The van der Waals surface area contributed by atoms with E-state index in [4.69, 9.17) is 9.98 Å². The number of aliphatic imine (C=N–C) groups is 2. The number of hydrogen-bond acceptors (Lipinski definition) is 2. The van der Waals surface area contributed by atoms with Crippen molar-refractivity contribution in [3.8, 4) is 0 Å². The minimum atomic E-state index is 0.965. The molecule has 5 heteroatoms. The van der Waals surface area contributed by atoms with Gasteiger partial charge in [0.15, 0.2) is 0 Å². The smallest absolute Gasteiger partial charge is 0.0651 e. The molecular formula is C32H37N5. The highest BCUT2D eigenvalue weighted by atomic mass is 15.0. The van der Waals surface area contributed by atoms with Gasteiger partial charge in [-0.2, -0.15) is 0 Å². The van der Waals surface area contributed by atoms with Crippen LogP contribution in [0.4, 0.5) is 11.4 Å². The van der Waals surface area contributed by atoms with E-state index >= 15 is 0 Å². The van der Waals surface area contributed by atoms with Crippen molar-refractivity contribution in [1.29, 1.82) is 0 Å². The van der Waals surface area contributed by atoms with Crippen LogP contribution < -0.4 is 0 Å². The lowest BCUT2D eigenvalue weighted by Crippen LogP contribution is -1.98. The van der Waals surface area contributed by atoms with Crippen LogP contribution in [0, 0.1) is 0 Å². The van der Waals surface area contributed by atoms with E-state index in [1.807, 2.05) is 49.1 Å². The van der Waals surface area contributed by atoms with Crippen molar-refractivity contribution in [3.05, 3.63) is 84.4 Å². The van der Waals surface area contributed by atoms with Crippen LogP contribution in [0.5, 0.6) is 0 Å². The molecule has 0 aliphatic carbocycles.